The van der Waals surface area contributed by atoms with Gasteiger partial charge in [0.2, 0.25) is 15.9 Å². The lowest BCUT2D eigenvalue weighted by atomic mass is 10.0. The van der Waals surface area contributed by atoms with Crippen molar-refractivity contribution in [3.05, 3.63) is 23.8 Å². The Labute approximate surface area is 143 Å². The van der Waals surface area contributed by atoms with E-state index in [4.69, 9.17) is 0 Å². The fourth-order valence-corrected chi connectivity index (χ4v) is 3.93. The number of anilines is 1. The molecule has 1 saturated heterocycles. The average molecular weight is 362 g/mol. The Hall–Kier alpha value is -1.15. The molecule has 0 aliphatic carbocycles. The molecule has 130 valence electrons. The third kappa shape index (κ3) is 5.46. The Balaban J connectivity index is 0.00000264. The quantitative estimate of drug-likeness (QED) is 0.763. The molecule has 0 saturated carbocycles. The van der Waals surface area contributed by atoms with E-state index in [0.717, 1.165) is 24.9 Å². The van der Waals surface area contributed by atoms with E-state index in [-0.39, 0.29) is 29.3 Å². The van der Waals surface area contributed by atoms with Gasteiger partial charge in [-0.25, -0.2) is 13.1 Å². The Kier molecular flexibility index (Phi) is 7.01. The van der Waals surface area contributed by atoms with E-state index < -0.39 is 10.0 Å². The molecular weight excluding hydrogens is 338 g/mol. The highest BCUT2D eigenvalue weighted by Crippen LogP contribution is 2.21. The molecule has 0 radical (unpaired) electrons. The van der Waals surface area contributed by atoms with Gasteiger partial charge in [0.05, 0.1) is 4.90 Å². The fourth-order valence-electron chi connectivity index (χ4n) is 2.62. The monoisotopic (exact) mass is 361 g/mol. The molecule has 1 aromatic carbocycles. The lowest BCUT2D eigenvalue weighted by Gasteiger charge is -2.28. The van der Waals surface area contributed by atoms with Crippen molar-refractivity contribution < 1.29 is 13.2 Å². The number of hydrogen-bond donors (Lipinski definition) is 3. The van der Waals surface area contributed by atoms with Crippen molar-refractivity contribution in [3.63, 3.8) is 0 Å². The molecule has 23 heavy (non-hydrogen) atoms. The summed E-state index contributed by atoms with van der Waals surface area (Å²) in [5.41, 5.74) is 1.35. The van der Waals surface area contributed by atoms with Crippen molar-refractivity contribution in [1.29, 1.82) is 0 Å². The van der Waals surface area contributed by atoms with E-state index in [2.05, 4.69) is 15.4 Å². The minimum absolute atomic E-state index is 0. The van der Waals surface area contributed by atoms with Crippen LogP contribution in [0.2, 0.25) is 0 Å². The van der Waals surface area contributed by atoms with Gasteiger partial charge in [0.25, 0.3) is 0 Å². The molecule has 2 atom stereocenters. The van der Waals surface area contributed by atoms with Crippen LogP contribution in [-0.4, -0.2) is 33.0 Å². The summed E-state index contributed by atoms with van der Waals surface area (Å²) >= 11 is 0. The lowest BCUT2D eigenvalue weighted by Crippen LogP contribution is -2.46. The van der Waals surface area contributed by atoms with Gasteiger partial charge in [-0.05, 0) is 50.9 Å². The third-order valence-electron chi connectivity index (χ3n) is 3.78. The smallest absolute Gasteiger partial charge is 0.240 e. The van der Waals surface area contributed by atoms with Crippen LogP contribution in [-0.2, 0) is 14.8 Å². The zero-order valence-electron chi connectivity index (χ0n) is 13.5. The van der Waals surface area contributed by atoms with Gasteiger partial charge in [-0.1, -0.05) is 6.07 Å². The number of carbonyl (C=O) groups is 1. The second kappa shape index (κ2) is 8.10. The SMILES string of the molecule is CC(=O)Nc1cc(S(=O)(=O)NC2CCNC(C)C2)ccc1C.Cl. The second-order valence-corrected chi connectivity index (χ2v) is 7.57. The van der Waals surface area contributed by atoms with Gasteiger partial charge < -0.3 is 10.6 Å². The number of carbonyl (C=O) groups excluding carboxylic acids is 1. The minimum Gasteiger partial charge on any atom is -0.326 e. The molecule has 1 aliphatic rings. The van der Waals surface area contributed by atoms with Crippen LogP contribution in [0.4, 0.5) is 5.69 Å². The third-order valence-corrected chi connectivity index (χ3v) is 5.29. The maximum Gasteiger partial charge on any atom is 0.240 e. The number of sulfonamides is 1. The first kappa shape index (κ1) is 19.9. The highest BCUT2D eigenvalue weighted by atomic mass is 35.5. The number of benzene rings is 1. The average Bonchev–Trinajstić information content (AvgIpc) is 2.40. The van der Waals surface area contributed by atoms with E-state index in [1.807, 2.05) is 13.8 Å². The van der Waals surface area contributed by atoms with E-state index in [1.165, 1.54) is 13.0 Å². The number of piperidine rings is 1. The van der Waals surface area contributed by atoms with Crippen LogP contribution < -0.4 is 15.4 Å². The molecule has 3 N–H and O–H groups in total. The Bertz CT molecular complexity index is 664. The van der Waals surface area contributed by atoms with Gasteiger partial charge in [-0.3, -0.25) is 4.79 Å². The van der Waals surface area contributed by atoms with Crippen LogP contribution in [0.1, 0.15) is 32.3 Å². The standard InChI is InChI=1S/C15H23N3O3S.ClH/c1-10-4-5-14(9-15(10)17-12(3)19)22(20,21)18-13-6-7-16-11(2)8-13;/h4-5,9,11,13,16,18H,6-8H2,1-3H3,(H,17,19);1H. The number of nitrogens with one attached hydrogen (secondary N) is 3. The zero-order valence-corrected chi connectivity index (χ0v) is 15.2. The van der Waals surface area contributed by atoms with Crippen LogP contribution in [0, 0.1) is 6.92 Å². The van der Waals surface area contributed by atoms with Gasteiger partial charge in [-0.2, -0.15) is 0 Å². The molecule has 1 amide bonds. The first-order valence-corrected chi connectivity index (χ1v) is 8.90. The summed E-state index contributed by atoms with van der Waals surface area (Å²) < 4.78 is 27.8. The van der Waals surface area contributed by atoms with Gasteiger partial charge >= 0.3 is 0 Å². The first-order valence-electron chi connectivity index (χ1n) is 7.42. The number of hydrogen-bond acceptors (Lipinski definition) is 4. The normalized spacial score (nSPS) is 21.3. The van der Waals surface area contributed by atoms with E-state index in [1.54, 1.807) is 12.1 Å². The van der Waals surface area contributed by atoms with Crippen molar-refractivity contribution in [3.8, 4) is 0 Å². The zero-order chi connectivity index (χ0) is 16.3. The number of halogens is 1. The van der Waals surface area contributed by atoms with Gasteiger partial charge in [-0.15, -0.1) is 12.4 Å². The molecule has 1 aromatic rings. The molecule has 1 heterocycles. The van der Waals surface area contributed by atoms with E-state index in [9.17, 15) is 13.2 Å². The summed E-state index contributed by atoms with van der Waals surface area (Å²) in [6.07, 6.45) is 1.54. The molecular formula is C15H24ClN3O3S. The molecule has 0 aromatic heterocycles. The van der Waals surface area contributed by atoms with Crippen molar-refractivity contribution in [2.45, 2.75) is 50.6 Å². The molecule has 8 heteroatoms. The molecule has 0 bridgehead atoms. The molecule has 1 aliphatic heterocycles. The molecule has 6 nitrogen and oxygen atoms in total. The van der Waals surface area contributed by atoms with Crippen molar-refractivity contribution >= 4 is 34.0 Å². The summed E-state index contributed by atoms with van der Waals surface area (Å²) in [5.74, 6) is -0.224. The summed E-state index contributed by atoms with van der Waals surface area (Å²) in [6.45, 7) is 6.07. The summed E-state index contributed by atoms with van der Waals surface area (Å²) in [7, 11) is -3.59. The second-order valence-electron chi connectivity index (χ2n) is 5.86. The van der Waals surface area contributed by atoms with E-state index in [0.29, 0.717) is 11.7 Å². The maximum absolute atomic E-state index is 12.5. The van der Waals surface area contributed by atoms with Gasteiger partial charge in [0, 0.05) is 24.7 Å². The number of aryl methyl sites for hydroxylation is 1. The van der Waals surface area contributed by atoms with Gasteiger partial charge in [0.15, 0.2) is 0 Å². The summed E-state index contributed by atoms with van der Waals surface area (Å²) in [4.78, 5) is 11.4. The topological polar surface area (TPSA) is 87.3 Å². The Morgan fingerprint density at radius 1 is 1.35 bits per heavy atom. The minimum atomic E-state index is -3.59. The van der Waals surface area contributed by atoms with Crippen molar-refractivity contribution in [2.75, 3.05) is 11.9 Å². The van der Waals surface area contributed by atoms with Crippen molar-refractivity contribution in [1.82, 2.24) is 10.0 Å². The molecule has 2 unspecified atom stereocenters. The van der Waals surface area contributed by atoms with Crippen LogP contribution in [0.25, 0.3) is 0 Å². The van der Waals surface area contributed by atoms with E-state index >= 15 is 0 Å². The number of rotatable bonds is 4. The summed E-state index contributed by atoms with van der Waals surface area (Å²) in [5, 5.41) is 5.95. The molecule has 2 rings (SSSR count). The fraction of sp³-hybridized carbons (Fsp3) is 0.533. The highest BCUT2D eigenvalue weighted by Gasteiger charge is 2.24. The van der Waals surface area contributed by atoms with Crippen LogP contribution in [0.15, 0.2) is 23.1 Å². The Morgan fingerprint density at radius 2 is 2.04 bits per heavy atom. The predicted molar refractivity (Wildman–Crippen MR) is 93.5 cm³/mol. The van der Waals surface area contributed by atoms with Crippen LogP contribution >= 0.6 is 12.4 Å². The maximum atomic E-state index is 12.5. The molecule has 0 spiro atoms. The number of amides is 1. The Morgan fingerprint density at radius 3 is 2.65 bits per heavy atom. The predicted octanol–water partition coefficient (Wildman–Crippen LogP) is 1.79. The molecule has 1 fully saturated rings. The first-order chi connectivity index (χ1) is 10.3. The van der Waals surface area contributed by atoms with Crippen LogP contribution in [0.5, 0.6) is 0 Å². The summed E-state index contributed by atoms with van der Waals surface area (Å²) in [6, 6.07) is 5.00. The highest BCUT2D eigenvalue weighted by molar-refractivity contribution is 7.89. The van der Waals surface area contributed by atoms with Gasteiger partial charge in [0.1, 0.15) is 0 Å². The van der Waals surface area contributed by atoms with Crippen molar-refractivity contribution in [2.24, 2.45) is 0 Å². The van der Waals surface area contributed by atoms with Crippen LogP contribution in [0.3, 0.4) is 0 Å². The largest absolute Gasteiger partial charge is 0.326 e. The lowest BCUT2D eigenvalue weighted by molar-refractivity contribution is -0.114.